The lowest BCUT2D eigenvalue weighted by molar-refractivity contribution is 0.0888. The van der Waals surface area contributed by atoms with Crippen molar-refractivity contribution in [2.45, 2.75) is 12.5 Å². The summed E-state index contributed by atoms with van der Waals surface area (Å²) >= 11 is 0. The summed E-state index contributed by atoms with van der Waals surface area (Å²) in [5.41, 5.74) is 1.68. The number of rotatable bonds is 2. The molecule has 0 spiro atoms. The molecule has 1 fully saturated rings. The molecule has 2 aromatic rings. The maximum Gasteiger partial charge on any atom is 0.101 e. The Hall–Kier alpha value is -1.45. The molecule has 0 aliphatic carbocycles. The number of ether oxygens (including phenoxy) is 1. The molecule has 17 heavy (non-hydrogen) atoms. The van der Waals surface area contributed by atoms with Crippen LogP contribution in [0.3, 0.4) is 0 Å². The first-order valence-corrected chi connectivity index (χ1v) is 5.96. The van der Waals surface area contributed by atoms with Crippen LogP contribution in [0.15, 0.2) is 36.4 Å². The van der Waals surface area contributed by atoms with E-state index in [9.17, 15) is 5.11 Å². The smallest absolute Gasteiger partial charge is 0.101 e. The number of aliphatic hydroxyl groups excluding tert-OH is 1. The lowest BCUT2D eigenvalue weighted by atomic mass is 9.98. The van der Waals surface area contributed by atoms with E-state index in [0.717, 1.165) is 29.6 Å². The van der Waals surface area contributed by atoms with E-state index in [2.05, 4.69) is 4.98 Å². The van der Waals surface area contributed by atoms with Crippen LogP contribution < -0.4 is 0 Å². The Kier molecular flexibility index (Phi) is 2.79. The largest absolute Gasteiger partial charge is 0.386 e. The third-order valence-electron chi connectivity index (χ3n) is 3.33. The SMILES string of the molecule is OC(c1ccc2ccccc2n1)C1CCOC1. The predicted octanol–water partition coefficient (Wildman–Crippen LogP) is 2.30. The second kappa shape index (κ2) is 4.43. The fourth-order valence-corrected chi connectivity index (χ4v) is 2.29. The van der Waals surface area contributed by atoms with E-state index < -0.39 is 6.10 Å². The van der Waals surface area contributed by atoms with Gasteiger partial charge < -0.3 is 9.84 Å². The standard InChI is InChI=1S/C14H15NO2/c16-14(11-7-8-17-9-11)13-6-5-10-3-1-2-4-12(10)15-13/h1-6,11,14,16H,7-9H2. The molecule has 1 aliphatic heterocycles. The molecular formula is C14H15NO2. The van der Waals surface area contributed by atoms with Crippen LogP contribution in [0.25, 0.3) is 10.9 Å². The van der Waals surface area contributed by atoms with Crippen molar-refractivity contribution < 1.29 is 9.84 Å². The highest BCUT2D eigenvalue weighted by molar-refractivity contribution is 5.78. The third kappa shape index (κ3) is 2.04. The van der Waals surface area contributed by atoms with Gasteiger partial charge in [-0.3, -0.25) is 4.98 Å². The van der Waals surface area contributed by atoms with Gasteiger partial charge in [0, 0.05) is 17.9 Å². The maximum absolute atomic E-state index is 10.2. The van der Waals surface area contributed by atoms with E-state index >= 15 is 0 Å². The van der Waals surface area contributed by atoms with Gasteiger partial charge in [-0.25, -0.2) is 0 Å². The van der Waals surface area contributed by atoms with Crippen LogP contribution in [0.1, 0.15) is 18.2 Å². The van der Waals surface area contributed by atoms with Gasteiger partial charge in [-0.05, 0) is 18.6 Å². The fraction of sp³-hybridized carbons (Fsp3) is 0.357. The molecule has 1 N–H and O–H groups in total. The summed E-state index contributed by atoms with van der Waals surface area (Å²) < 4.78 is 5.30. The number of nitrogens with zero attached hydrogens (tertiary/aromatic N) is 1. The molecule has 1 aliphatic rings. The van der Waals surface area contributed by atoms with Gasteiger partial charge in [0.2, 0.25) is 0 Å². The van der Waals surface area contributed by atoms with Gasteiger partial charge in [0.1, 0.15) is 6.10 Å². The van der Waals surface area contributed by atoms with Gasteiger partial charge in [-0.2, -0.15) is 0 Å². The summed E-state index contributed by atoms with van der Waals surface area (Å²) in [7, 11) is 0. The van der Waals surface area contributed by atoms with Crippen molar-refractivity contribution in [2.24, 2.45) is 5.92 Å². The van der Waals surface area contributed by atoms with Crippen LogP contribution in [0, 0.1) is 5.92 Å². The van der Waals surface area contributed by atoms with E-state index in [1.54, 1.807) is 0 Å². The van der Waals surface area contributed by atoms with Gasteiger partial charge in [-0.1, -0.05) is 24.3 Å². The number of para-hydroxylation sites is 1. The van der Waals surface area contributed by atoms with Crippen LogP contribution in [-0.2, 0) is 4.74 Å². The molecule has 0 amide bonds. The van der Waals surface area contributed by atoms with Gasteiger partial charge in [0.15, 0.2) is 0 Å². The second-order valence-corrected chi connectivity index (χ2v) is 4.50. The van der Waals surface area contributed by atoms with Crippen LogP contribution in [-0.4, -0.2) is 23.3 Å². The summed E-state index contributed by atoms with van der Waals surface area (Å²) in [6.07, 6.45) is 0.400. The number of hydrogen-bond donors (Lipinski definition) is 1. The van der Waals surface area contributed by atoms with E-state index in [0.29, 0.717) is 6.61 Å². The molecular weight excluding hydrogens is 214 g/mol. The van der Waals surface area contributed by atoms with Gasteiger partial charge in [-0.15, -0.1) is 0 Å². The molecule has 2 unspecified atom stereocenters. The highest BCUT2D eigenvalue weighted by Crippen LogP contribution is 2.28. The summed E-state index contributed by atoms with van der Waals surface area (Å²) in [6.45, 7) is 1.38. The monoisotopic (exact) mass is 229 g/mol. The van der Waals surface area contributed by atoms with Crippen LogP contribution in [0.2, 0.25) is 0 Å². The molecule has 0 saturated carbocycles. The number of benzene rings is 1. The Balaban J connectivity index is 1.94. The van der Waals surface area contributed by atoms with Crippen molar-refractivity contribution in [1.82, 2.24) is 4.98 Å². The Bertz CT molecular complexity index is 520. The number of hydrogen-bond acceptors (Lipinski definition) is 3. The minimum Gasteiger partial charge on any atom is -0.386 e. The molecule has 3 rings (SSSR count). The first-order chi connectivity index (χ1) is 8.34. The molecule has 1 saturated heterocycles. The minimum absolute atomic E-state index is 0.184. The summed E-state index contributed by atoms with van der Waals surface area (Å²) in [6, 6.07) is 11.9. The zero-order valence-corrected chi connectivity index (χ0v) is 9.54. The maximum atomic E-state index is 10.2. The quantitative estimate of drug-likeness (QED) is 0.859. The molecule has 2 heterocycles. The van der Waals surface area contributed by atoms with Gasteiger partial charge in [0.05, 0.1) is 17.8 Å². The van der Waals surface area contributed by atoms with Gasteiger partial charge >= 0.3 is 0 Å². The predicted molar refractivity (Wildman–Crippen MR) is 65.6 cm³/mol. The minimum atomic E-state index is -0.512. The Labute approximate surface area is 100 Å². The molecule has 3 heteroatoms. The first kappa shape index (κ1) is 10.7. The molecule has 1 aromatic heterocycles. The van der Waals surface area contributed by atoms with Crippen LogP contribution in [0.4, 0.5) is 0 Å². The lowest BCUT2D eigenvalue weighted by Crippen LogP contribution is -2.13. The number of aliphatic hydroxyl groups is 1. The van der Waals surface area contributed by atoms with Gasteiger partial charge in [0.25, 0.3) is 0 Å². The van der Waals surface area contributed by atoms with Crippen molar-refractivity contribution in [3.05, 3.63) is 42.1 Å². The number of aromatic nitrogens is 1. The first-order valence-electron chi connectivity index (χ1n) is 5.96. The zero-order chi connectivity index (χ0) is 11.7. The van der Waals surface area contributed by atoms with E-state index in [4.69, 9.17) is 4.74 Å². The number of pyridine rings is 1. The van der Waals surface area contributed by atoms with E-state index in [-0.39, 0.29) is 5.92 Å². The fourth-order valence-electron chi connectivity index (χ4n) is 2.29. The average molecular weight is 229 g/mol. The lowest BCUT2D eigenvalue weighted by Gasteiger charge is -2.16. The Morgan fingerprint density at radius 1 is 1.24 bits per heavy atom. The van der Waals surface area contributed by atoms with Crippen molar-refractivity contribution in [1.29, 1.82) is 0 Å². The zero-order valence-electron chi connectivity index (χ0n) is 9.54. The Morgan fingerprint density at radius 2 is 2.12 bits per heavy atom. The van der Waals surface area contributed by atoms with Crippen molar-refractivity contribution in [3.63, 3.8) is 0 Å². The summed E-state index contributed by atoms with van der Waals surface area (Å²) in [5, 5.41) is 11.3. The second-order valence-electron chi connectivity index (χ2n) is 4.50. The molecule has 88 valence electrons. The van der Waals surface area contributed by atoms with Crippen LogP contribution >= 0.6 is 0 Å². The highest BCUT2D eigenvalue weighted by atomic mass is 16.5. The normalized spacial score (nSPS) is 21.8. The van der Waals surface area contributed by atoms with Crippen molar-refractivity contribution >= 4 is 10.9 Å². The Morgan fingerprint density at radius 3 is 2.94 bits per heavy atom. The summed E-state index contributed by atoms with van der Waals surface area (Å²) in [5.74, 6) is 0.184. The number of fused-ring (bicyclic) bond motifs is 1. The molecule has 2 atom stereocenters. The average Bonchev–Trinajstić information content (AvgIpc) is 2.91. The highest BCUT2D eigenvalue weighted by Gasteiger charge is 2.26. The molecule has 1 aromatic carbocycles. The summed E-state index contributed by atoms with van der Waals surface area (Å²) in [4.78, 5) is 4.51. The van der Waals surface area contributed by atoms with E-state index in [1.807, 2.05) is 36.4 Å². The topological polar surface area (TPSA) is 42.4 Å². The third-order valence-corrected chi connectivity index (χ3v) is 3.33. The van der Waals surface area contributed by atoms with Crippen molar-refractivity contribution in [2.75, 3.05) is 13.2 Å². The molecule has 0 radical (unpaired) electrons. The molecule has 0 bridgehead atoms. The molecule has 3 nitrogen and oxygen atoms in total. The van der Waals surface area contributed by atoms with E-state index in [1.165, 1.54) is 0 Å². The van der Waals surface area contributed by atoms with Crippen LogP contribution in [0.5, 0.6) is 0 Å². The van der Waals surface area contributed by atoms with Crippen molar-refractivity contribution in [3.8, 4) is 0 Å².